The molecule has 1 unspecified atom stereocenters. The minimum Gasteiger partial charge on any atom is -0.386 e. The van der Waals surface area contributed by atoms with Gasteiger partial charge < -0.3 is 5.73 Å². The summed E-state index contributed by atoms with van der Waals surface area (Å²) in [6.07, 6.45) is 0.711. The van der Waals surface area contributed by atoms with Gasteiger partial charge >= 0.3 is 0 Å². The summed E-state index contributed by atoms with van der Waals surface area (Å²) in [4.78, 5) is 0. The third kappa shape index (κ3) is 2.36. The maximum atomic E-state index is 5.95. The van der Waals surface area contributed by atoms with Crippen molar-refractivity contribution in [2.45, 2.75) is 13.3 Å². The van der Waals surface area contributed by atoms with Gasteiger partial charge in [-0.2, -0.15) is 5.10 Å². The molecule has 0 saturated heterocycles. The normalized spacial score (nSPS) is 20.3. The fourth-order valence-electron chi connectivity index (χ4n) is 1.71. The molecule has 0 fully saturated rings. The first kappa shape index (κ1) is 11.4. The van der Waals surface area contributed by atoms with Crippen LogP contribution in [0.1, 0.15) is 18.9 Å². The molecule has 1 aromatic carbocycles. The highest BCUT2D eigenvalue weighted by Gasteiger charge is 2.19. The second-order valence-electron chi connectivity index (χ2n) is 3.84. The average Bonchev–Trinajstić information content (AvgIpc) is 2.15. The van der Waals surface area contributed by atoms with Crippen molar-refractivity contribution in [3.8, 4) is 0 Å². The van der Waals surface area contributed by atoms with E-state index in [1.807, 2.05) is 12.1 Å². The average molecular weight is 256 g/mol. The predicted octanol–water partition coefficient (Wildman–Crippen LogP) is 3.09. The van der Waals surface area contributed by atoms with Crippen LogP contribution in [-0.4, -0.2) is 11.5 Å². The van der Waals surface area contributed by atoms with Crippen molar-refractivity contribution in [2.75, 3.05) is 0 Å². The van der Waals surface area contributed by atoms with E-state index in [1.54, 1.807) is 6.07 Å². The minimum absolute atomic E-state index is 0.229. The van der Waals surface area contributed by atoms with E-state index < -0.39 is 0 Å². The number of nitrogens with zero attached hydrogens (tertiary/aromatic N) is 2. The molecule has 0 bridgehead atoms. The number of hydrogen-bond acceptors (Lipinski definition) is 3. The lowest BCUT2D eigenvalue weighted by Crippen LogP contribution is -2.25. The standard InChI is InChI=1S/C11H11Cl2N3/c1-6-2-10(14)15-16-11(6)7-3-8(12)5-9(13)4-7/h3-6H,2H2,1H3,(H2,14,15). The van der Waals surface area contributed by atoms with Gasteiger partial charge in [-0.15, -0.1) is 5.10 Å². The minimum atomic E-state index is 0.229. The van der Waals surface area contributed by atoms with Crippen molar-refractivity contribution in [3.05, 3.63) is 33.8 Å². The van der Waals surface area contributed by atoms with Gasteiger partial charge in [0.2, 0.25) is 0 Å². The monoisotopic (exact) mass is 255 g/mol. The maximum Gasteiger partial charge on any atom is 0.123 e. The molecule has 0 saturated carbocycles. The molecule has 2 N–H and O–H groups in total. The van der Waals surface area contributed by atoms with E-state index in [1.165, 1.54) is 0 Å². The molecule has 0 aromatic heterocycles. The van der Waals surface area contributed by atoms with E-state index in [0.29, 0.717) is 22.3 Å². The topological polar surface area (TPSA) is 50.7 Å². The molecule has 0 spiro atoms. The molecule has 2 rings (SSSR count). The van der Waals surface area contributed by atoms with Gasteiger partial charge in [-0.05, 0) is 18.2 Å². The van der Waals surface area contributed by atoms with E-state index in [0.717, 1.165) is 11.3 Å². The summed E-state index contributed by atoms with van der Waals surface area (Å²) < 4.78 is 0. The number of benzene rings is 1. The largest absolute Gasteiger partial charge is 0.386 e. The quantitative estimate of drug-likeness (QED) is 0.824. The van der Waals surface area contributed by atoms with Gasteiger partial charge in [-0.25, -0.2) is 0 Å². The van der Waals surface area contributed by atoms with Crippen molar-refractivity contribution in [1.82, 2.24) is 0 Å². The second-order valence-corrected chi connectivity index (χ2v) is 4.71. The molecule has 84 valence electrons. The number of hydrogen-bond donors (Lipinski definition) is 1. The summed E-state index contributed by atoms with van der Waals surface area (Å²) in [6, 6.07) is 5.36. The summed E-state index contributed by atoms with van der Waals surface area (Å²) in [5.41, 5.74) is 7.39. The molecule has 1 heterocycles. The molecule has 1 atom stereocenters. The van der Waals surface area contributed by atoms with Crippen LogP contribution < -0.4 is 5.73 Å². The molecule has 0 aliphatic carbocycles. The van der Waals surface area contributed by atoms with Crippen molar-refractivity contribution in [3.63, 3.8) is 0 Å². The molecule has 1 aliphatic heterocycles. The summed E-state index contributed by atoms with van der Waals surface area (Å²) >= 11 is 11.9. The Morgan fingerprint density at radius 1 is 1.19 bits per heavy atom. The highest BCUT2D eigenvalue weighted by Crippen LogP contribution is 2.24. The number of nitrogens with two attached hydrogens (primary N) is 1. The van der Waals surface area contributed by atoms with Crippen LogP contribution in [0.15, 0.2) is 28.4 Å². The zero-order chi connectivity index (χ0) is 11.7. The van der Waals surface area contributed by atoms with E-state index in [9.17, 15) is 0 Å². The molecule has 1 aliphatic rings. The van der Waals surface area contributed by atoms with Gasteiger partial charge in [-0.1, -0.05) is 30.1 Å². The Kier molecular flexibility index (Phi) is 3.17. The van der Waals surface area contributed by atoms with Crippen LogP contribution in [0, 0.1) is 5.92 Å². The molecule has 3 nitrogen and oxygen atoms in total. The first-order valence-corrected chi connectivity index (χ1v) is 5.68. The molecule has 5 heteroatoms. The molecular weight excluding hydrogens is 245 g/mol. The highest BCUT2D eigenvalue weighted by atomic mass is 35.5. The Morgan fingerprint density at radius 3 is 2.38 bits per heavy atom. The summed E-state index contributed by atoms with van der Waals surface area (Å²) in [5, 5.41) is 9.19. The zero-order valence-electron chi connectivity index (χ0n) is 8.74. The van der Waals surface area contributed by atoms with Crippen LogP contribution in [0.3, 0.4) is 0 Å². The van der Waals surface area contributed by atoms with Gasteiger partial charge in [0.25, 0.3) is 0 Å². The van der Waals surface area contributed by atoms with E-state index >= 15 is 0 Å². The Morgan fingerprint density at radius 2 is 1.81 bits per heavy atom. The number of amidine groups is 1. The number of halogens is 2. The first-order valence-electron chi connectivity index (χ1n) is 4.92. The Bertz CT molecular complexity index is 460. The van der Waals surface area contributed by atoms with Crippen molar-refractivity contribution in [2.24, 2.45) is 21.9 Å². The summed E-state index contributed by atoms with van der Waals surface area (Å²) in [7, 11) is 0. The molecule has 1 aromatic rings. The van der Waals surface area contributed by atoms with Crippen LogP contribution in [0.25, 0.3) is 0 Å². The summed E-state index contributed by atoms with van der Waals surface area (Å²) in [5.74, 6) is 0.788. The molecule has 0 radical (unpaired) electrons. The fourth-order valence-corrected chi connectivity index (χ4v) is 2.24. The van der Waals surface area contributed by atoms with Gasteiger partial charge in [0.05, 0.1) is 5.71 Å². The second kappa shape index (κ2) is 4.44. The third-order valence-corrected chi connectivity index (χ3v) is 2.86. The lowest BCUT2D eigenvalue weighted by Gasteiger charge is -2.17. The third-order valence-electron chi connectivity index (χ3n) is 2.43. The first-order chi connectivity index (χ1) is 7.56. The van der Waals surface area contributed by atoms with Crippen molar-refractivity contribution >= 4 is 34.7 Å². The fraction of sp³-hybridized carbons (Fsp3) is 0.273. The number of rotatable bonds is 1. The van der Waals surface area contributed by atoms with E-state index in [4.69, 9.17) is 28.9 Å². The smallest absolute Gasteiger partial charge is 0.123 e. The van der Waals surface area contributed by atoms with Gasteiger partial charge in [0.15, 0.2) is 0 Å². The van der Waals surface area contributed by atoms with E-state index in [2.05, 4.69) is 17.1 Å². The Balaban J connectivity index is 2.44. The van der Waals surface area contributed by atoms with Crippen LogP contribution >= 0.6 is 23.2 Å². The van der Waals surface area contributed by atoms with Crippen molar-refractivity contribution in [1.29, 1.82) is 0 Å². The van der Waals surface area contributed by atoms with Crippen molar-refractivity contribution < 1.29 is 0 Å². The highest BCUT2D eigenvalue weighted by molar-refractivity contribution is 6.35. The van der Waals surface area contributed by atoms with E-state index in [-0.39, 0.29) is 5.92 Å². The van der Waals surface area contributed by atoms with Crippen LogP contribution in [0.5, 0.6) is 0 Å². The Labute approximate surface area is 104 Å². The SMILES string of the molecule is CC1CC(N)=NN=C1c1cc(Cl)cc(Cl)c1. The lowest BCUT2D eigenvalue weighted by molar-refractivity contribution is 0.783. The van der Waals surface area contributed by atoms with Gasteiger partial charge in [-0.3, -0.25) is 0 Å². The molecule has 0 amide bonds. The maximum absolute atomic E-state index is 5.95. The van der Waals surface area contributed by atoms with Gasteiger partial charge in [0.1, 0.15) is 5.84 Å². The van der Waals surface area contributed by atoms with Crippen LogP contribution in [0.2, 0.25) is 10.0 Å². The predicted molar refractivity (Wildman–Crippen MR) is 68.4 cm³/mol. The van der Waals surface area contributed by atoms with Gasteiger partial charge in [0, 0.05) is 27.9 Å². The Hall–Kier alpha value is -1.06. The molecule has 16 heavy (non-hydrogen) atoms. The van der Waals surface area contributed by atoms with Crippen LogP contribution in [-0.2, 0) is 0 Å². The zero-order valence-corrected chi connectivity index (χ0v) is 10.3. The molecular formula is C11H11Cl2N3. The lowest BCUT2D eigenvalue weighted by atomic mass is 9.94. The summed E-state index contributed by atoms with van der Waals surface area (Å²) in [6.45, 7) is 2.05. The van der Waals surface area contributed by atoms with Crippen LogP contribution in [0.4, 0.5) is 0 Å².